The van der Waals surface area contributed by atoms with Crippen molar-refractivity contribution in [3.8, 4) is 11.4 Å². The summed E-state index contributed by atoms with van der Waals surface area (Å²) in [5.74, 6) is -0.693. The van der Waals surface area contributed by atoms with E-state index >= 15 is 0 Å². The molecule has 218 valence electrons. The Labute approximate surface area is 240 Å². The molecule has 0 aliphatic carbocycles. The van der Waals surface area contributed by atoms with E-state index in [0.717, 1.165) is 31.6 Å². The number of aromatic nitrogens is 4. The number of likely N-dealkylation sites (N-methyl/N-ethyl adjacent to an activating group) is 1. The molecule has 0 aromatic carbocycles. The van der Waals surface area contributed by atoms with Gasteiger partial charge in [0.05, 0.1) is 17.9 Å². The number of allylic oxidation sites excluding steroid dienone is 3. The number of halogens is 1. The first kappa shape index (κ1) is 32.8. The van der Waals surface area contributed by atoms with Crippen LogP contribution in [0.15, 0.2) is 59.9 Å². The fourth-order valence-corrected chi connectivity index (χ4v) is 3.91. The fourth-order valence-electron chi connectivity index (χ4n) is 3.91. The van der Waals surface area contributed by atoms with Crippen LogP contribution in [-0.2, 0) is 14.4 Å². The van der Waals surface area contributed by atoms with Crippen LogP contribution in [0.3, 0.4) is 0 Å². The number of nitrogens with zero attached hydrogens (tertiary/aromatic N) is 6. The number of aliphatic imine (C=N–C) groups is 1. The average Bonchev–Trinajstić information content (AvgIpc) is 3.19. The van der Waals surface area contributed by atoms with Gasteiger partial charge in [-0.2, -0.15) is 0 Å². The first-order chi connectivity index (χ1) is 19.7. The summed E-state index contributed by atoms with van der Waals surface area (Å²) < 4.78 is 13.7. The summed E-state index contributed by atoms with van der Waals surface area (Å²) in [6, 6.07) is 0.418. The second kappa shape index (κ2) is 16.7. The van der Waals surface area contributed by atoms with Gasteiger partial charge in [0.1, 0.15) is 17.1 Å². The second-order valence-electron chi connectivity index (χ2n) is 9.11. The quantitative estimate of drug-likeness (QED) is 0.371. The summed E-state index contributed by atoms with van der Waals surface area (Å²) in [5, 5.41) is 0.556. The number of amides is 1. The standard InChI is InChI=1S/C13H19N3O.C12H9FN4.C3H4O2.C2H6/c1-11-10-16(9-8-15(11)2)13(17)12-6-4-3-5-7-14-12;1-7-4-16-12-10(7)8(13)5-17-11(12)9-6-14-2-3-15-9;1-3(5)2-4;1-2/h3,5-7,11H,4,8-10H2,1-2H3;2-6,16H,1H3;2H,1H3;1-2H3/t11-;;;/m1.../s1. The number of ketones is 1. The van der Waals surface area contributed by atoms with Crippen LogP contribution in [0, 0.1) is 12.7 Å². The highest BCUT2D eigenvalue weighted by Crippen LogP contribution is 2.27. The number of hydrogen-bond acceptors (Lipinski definition) is 8. The minimum atomic E-state index is -0.426. The summed E-state index contributed by atoms with van der Waals surface area (Å²) in [7, 11) is 2.10. The zero-order valence-electron chi connectivity index (χ0n) is 24.5. The maximum atomic E-state index is 13.7. The molecule has 11 heteroatoms. The number of pyridine rings is 1. The second-order valence-corrected chi connectivity index (χ2v) is 9.11. The molecule has 2 aliphatic rings. The third-order valence-electron chi connectivity index (χ3n) is 6.18. The Hall–Kier alpha value is -4.38. The minimum Gasteiger partial charge on any atom is -0.359 e. The Morgan fingerprint density at radius 1 is 1.15 bits per heavy atom. The van der Waals surface area contributed by atoms with E-state index in [1.807, 2.05) is 43.9 Å². The lowest BCUT2D eigenvalue weighted by molar-refractivity contribution is -0.129. The fraction of sp³-hybridized carbons (Fsp3) is 0.367. The number of aryl methyl sites for hydroxylation is 1. The van der Waals surface area contributed by atoms with Gasteiger partial charge in [0, 0.05) is 62.8 Å². The summed E-state index contributed by atoms with van der Waals surface area (Å²) in [5.41, 5.74) is 3.32. The average molecular weight is 564 g/mol. The molecular formula is C30H38FN7O3. The number of rotatable bonds is 3. The molecule has 2 aliphatic heterocycles. The van der Waals surface area contributed by atoms with E-state index in [1.165, 1.54) is 13.1 Å². The number of carbonyl (C=O) groups is 3. The van der Waals surface area contributed by atoms with Gasteiger partial charge >= 0.3 is 0 Å². The van der Waals surface area contributed by atoms with Crippen LogP contribution in [0.1, 0.15) is 39.7 Å². The molecule has 0 unspecified atom stereocenters. The molecule has 0 spiro atoms. The number of Topliss-reactive ketones (excluding diaryl/α,β-unsaturated/α-hetero) is 1. The Balaban J connectivity index is 0.000000235. The first-order valence-corrected chi connectivity index (χ1v) is 13.5. The molecule has 1 fully saturated rings. The Bertz CT molecular complexity index is 1400. The third kappa shape index (κ3) is 9.35. The van der Waals surface area contributed by atoms with Crippen molar-refractivity contribution in [2.45, 2.75) is 47.1 Å². The van der Waals surface area contributed by atoms with Gasteiger partial charge in [0.15, 0.2) is 17.9 Å². The van der Waals surface area contributed by atoms with Crippen LogP contribution in [0.25, 0.3) is 22.3 Å². The third-order valence-corrected chi connectivity index (χ3v) is 6.18. The smallest absolute Gasteiger partial charge is 0.272 e. The van der Waals surface area contributed by atoms with Crippen LogP contribution in [0.5, 0.6) is 0 Å². The number of carbonyl (C=O) groups excluding carboxylic acids is 3. The van der Waals surface area contributed by atoms with Crippen molar-refractivity contribution in [2.75, 3.05) is 26.7 Å². The number of aromatic amines is 1. The highest BCUT2D eigenvalue weighted by molar-refractivity contribution is 6.23. The zero-order chi connectivity index (χ0) is 30.4. The van der Waals surface area contributed by atoms with Crippen LogP contribution in [0.2, 0.25) is 0 Å². The van der Waals surface area contributed by atoms with E-state index < -0.39 is 5.78 Å². The van der Waals surface area contributed by atoms with E-state index in [0.29, 0.717) is 34.0 Å². The van der Waals surface area contributed by atoms with Crippen molar-refractivity contribution >= 4 is 35.1 Å². The molecule has 1 saturated heterocycles. The predicted octanol–water partition coefficient (Wildman–Crippen LogP) is 4.33. The van der Waals surface area contributed by atoms with E-state index in [-0.39, 0.29) is 18.0 Å². The largest absolute Gasteiger partial charge is 0.359 e. The van der Waals surface area contributed by atoms with Gasteiger partial charge in [-0.15, -0.1) is 0 Å². The van der Waals surface area contributed by atoms with Crippen LogP contribution in [-0.4, -0.2) is 86.7 Å². The number of nitrogens with one attached hydrogen (secondary N) is 1. The molecule has 5 rings (SSSR count). The molecule has 3 aromatic heterocycles. The molecule has 1 atom stereocenters. The Kier molecular flexibility index (Phi) is 13.3. The lowest BCUT2D eigenvalue weighted by Gasteiger charge is -2.37. The molecule has 0 radical (unpaired) electrons. The highest BCUT2D eigenvalue weighted by Gasteiger charge is 2.26. The molecule has 0 saturated carbocycles. The van der Waals surface area contributed by atoms with Gasteiger partial charge in [0.2, 0.25) is 0 Å². The topological polar surface area (TPSA) is 125 Å². The lowest BCUT2D eigenvalue weighted by Crippen LogP contribution is -2.52. The van der Waals surface area contributed by atoms with Crippen molar-refractivity contribution in [1.82, 2.24) is 29.7 Å². The van der Waals surface area contributed by atoms with Crippen molar-refractivity contribution in [2.24, 2.45) is 4.99 Å². The van der Waals surface area contributed by atoms with E-state index in [4.69, 9.17) is 4.79 Å². The highest BCUT2D eigenvalue weighted by atomic mass is 19.1. The molecular weight excluding hydrogens is 525 g/mol. The van der Waals surface area contributed by atoms with Crippen molar-refractivity contribution in [3.05, 3.63) is 66.3 Å². The number of H-pyrrole nitrogens is 1. The van der Waals surface area contributed by atoms with Crippen molar-refractivity contribution < 1.29 is 18.8 Å². The van der Waals surface area contributed by atoms with E-state index in [9.17, 15) is 14.0 Å². The number of fused-ring (bicyclic) bond motifs is 1. The number of hydrogen-bond donors (Lipinski definition) is 1. The molecule has 5 heterocycles. The van der Waals surface area contributed by atoms with Gasteiger partial charge in [-0.25, -0.2) is 9.37 Å². The van der Waals surface area contributed by atoms with E-state index in [2.05, 4.69) is 43.8 Å². The van der Waals surface area contributed by atoms with Gasteiger partial charge in [-0.3, -0.25) is 29.3 Å². The Morgan fingerprint density at radius 3 is 2.51 bits per heavy atom. The number of piperazine rings is 1. The summed E-state index contributed by atoms with van der Waals surface area (Å²) in [6.07, 6.45) is 16.3. The van der Waals surface area contributed by atoms with Crippen molar-refractivity contribution in [1.29, 1.82) is 0 Å². The first-order valence-electron chi connectivity index (χ1n) is 13.5. The summed E-state index contributed by atoms with van der Waals surface area (Å²) >= 11 is 0. The van der Waals surface area contributed by atoms with Crippen molar-refractivity contribution in [3.63, 3.8) is 0 Å². The minimum absolute atomic E-state index is 0.0601. The number of aldehydes is 1. The zero-order valence-corrected chi connectivity index (χ0v) is 24.5. The molecule has 1 N–H and O–H groups in total. The molecule has 41 heavy (non-hydrogen) atoms. The van der Waals surface area contributed by atoms with Gasteiger partial charge in [0.25, 0.3) is 5.91 Å². The Morgan fingerprint density at radius 2 is 1.88 bits per heavy atom. The predicted molar refractivity (Wildman–Crippen MR) is 159 cm³/mol. The van der Waals surface area contributed by atoms with Crippen LogP contribution >= 0.6 is 0 Å². The van der Waals surface area contributed by atoms with E-state index in [1.54, 1.807) is 31.0 Å². The van der Waals surface area contributed by atoms with Gasteiger partial charge in [-0.05, 0) is 45.0 Å². The normalized spacial score (nSPS) is 16.1. The SMILES string of the molecule is CC.CC(=O)C=O.C[C@@H]1CN(C(=O)C2=CCC=CC=N2)CCN1C.Cc1c[nH]c2c(-c3cnccn3)ncc(F)c12. The molecule has 3 aromatic rings. The maximum Gasteiger partial charge on any atom is 0.272 e. The van der Waals surface area contributed by atoms with Gasteiger partial charge < -0.3 is 14.8 Å². The summed E-state index contributed by atoms with van der Waals surface area (Å²) in [4.78, 5) is 54.5. The van der Waals surface area contributed by atoms with Crippen LogP contribution in [0.4, 0.5) is 4.39 Å². The maximum absolute atomic E-state index is 13.7. The monoisotopic (exact) mass is 563 g/mol. The molecule has 10 nitrogen and oxygen atoms in total. The molecule has 0 bridgehead atoms. The van der Waals surface area contributed by atoms with Gasteiger partial charge in [-0.1, -0.05) is 19.9 Å². The lowest BCUT2D eigenvalue weighted by atomic mass is 10.1. The summed E-state index contributed by atoms with van der Waals surface area (Å²) in [6.45, 7) is 11.7. The van der Waals surface area contributed by atoms with Crippen LogP contribution < -0.4 is 0 Å². The molecule has 1 amide bonds.